The van der Waals surface area contributed by atoms with E-state index in [0.717, 1.165) is 13.0 Å². The van der Waals surface area contributed by atoms with Crippen LogP contribution >= 0.6 is 22.6 Å². The number of hydrogen-bond acceptors (Lipinski definition) is 5. The van der Waals surface area contributed by atoms with Crippen molar-refractivity contribution in [3.05, 3.63) is 12.2 Å². The molecule has 0 bridgehead atoms. The van der Waals surface area contributed by atoms with Gasteiger partial charge in [0.15, 0.2) is 0 Å². The quantitative estimate of drug-likeness (QED) is 0.117. The molecule has 10 heteroatoms. The predicted molar refractivity (Wildman–Crippen MR) is 124 cm³/mol. The molecule has 1 saturated heterocycles. The summed E-state index contributed by atoms with van der Waals surface area (Å²) in [5, 5.41) is 20.9. The predicted octanol–water partition coefficient (Wildman–Crippen LogP) is 4.91. The summed E-state index contributed by atoms with van der Waals surface area (Å²) in [7, 11) is 1.31. The van der Waals surface area contributed by atoms with Crippen LogP contribution in [0.4, 0.5) is 17.6 Å². The van der Waals surface area contributed by atoms with E-state index in [1.807, 2.05) is 0 Å². The number of ether oxygens (including phenoxy) is 2. The zero-order valence-corrected chi connectivity index (χ0v) is 21.4. The van der Waals surface area contributed by atoms with Gasteiger partial charge in [-0.15, -0.1) is 0 Å². The lowest BCUT2D eigenvalue weighted by molar-refractivity contribution is -0.244. The third-order valence-corrected chi connectivity index (χ3v) is 8.45. The molecule has 0 spiro atoms. The molecule has 33 heavy (non-hydrogen) atoms. The van der Waals surface area contributed by atoms with E-state index >= 15 is 4.39 Å². The molecule has 0 aromatic heterocycles. The summed E-state index contributed by atoms with van der Waals surface area (Å²) < 4.78 is 66.7. The first-order valence-corrected chi connectivity index (χ1v) is 12.7. The molecule has 2 aliphatic rings. The monoisotopic (exact) mass is 594 g/mol. The van der Waals surface area contributed by atoms with Crippen molar-refractivity contribution in [1.29, 1.82) is 0 Å². The summed E-state index contributed by atoms with van der Waals surface area (Å²) in [4.78, 5) is 11.3. The van der Waals surface area contributed by atoms with E-state index in [-0.39, 0.29) is 29.2 Å². The second-order valence-corrected chi connectivity index (χ2v) is 11.0. The van der Waals surface area contributed by atoms with Crippen molar-refractivity contribution in [2.24, 2.45) is 17.3 Å². The van der Waals surface area contributed by atoms with Crippen molar-refractivity contribution in [2.45, 2.75) is 99.5 Å². The van der Waals surface area contributed by atoms with Crippen LogP contribution in [-0.4, -0.2) is 64.0 Å². The Labute approximate surface area is 206 Å². The van der Waals surface area contributed by atoms with Gasteiger partial charge in [0, 0.05) is 28.6 Å². The van der Waals surface area contributed by atoms with E-state index in [0.29, 0.717) is 25.7 Å². The van der Waals surface area contributed by atoms with Crippen molar-refractivity contribution in [2.75, 3.05) is 7.11 Å². The van der Waals surface area contributed by atoms with Crippen molar-refractivity contribution < 1.29 is 42.0 Å². The summed E-state index contributed by atoms with van der Waals surface area (Å²) in [6.07, 6.45) is -5.51. The van der Waals surface area contributed by atoms with Gasteiger partial charge in [0.25, 0.3) is 0 Å². The summed E-state index contributed by atoms with van der Waals surface area (Å²) in [5.74, 6) is -1.78. The fourth-order valence-electron chi connectivity index (χ4n) is 4.81. The average molecular weight is 594 g/mol. The molecule has 1 aliphatic heterocycles. The van der Waals surface area contributed by atoms with Gasteiger partial charge in [-0.3, -0.25) is 4.79 Å². The van der Waals surface area contributed by atoms with Crippen LogP contribution in [0.5, 0.6) is 0 Å². The van der Waals surface area contributed by atoms with Crippen molar-refractivity contribution in [3.63, 3.8) is 0 Å². The minimum Gasteiger partial charge on any atom is -0.469 e. The van der Waals surface area contributed by atoms with E-state index in [1.165, 1.54) is 13.2 Å². The Morgan fingerprint density at radius 3 is 2.58 bits per heavy atom. The van der Waals surface area contributed by atoms with Crippen molar-refractivity contribution in [3.8, 4) is 0 Å². The normalized spacial score (nSPS) is 33.6. The largest absolute Gasteiger partial charge is 0.469 e. The molecular formula is C23H35F4IO5. The molecule has 0 radical (unpaired) electrons. The number of methoxy groups -OCH3 is 1. The van der Waals surface area contributed by atoms with Crippen LogP contribution in [0.1, 0.15) is 58.8 Å². The fourth-order valence-corrected chi connectivity index (χ4v) is 5.82. The highest BCUT2D eigenvalue weighted by Crippen LogP contribution is 2.49. The number of carbonyl (C=O) groups is 1. The van der Waals surface area contributed by atoms with Gasteiger partial charge in [-0.1, -0.05) is 54.5 Å². The van der Waals surface area contributed by atoms with Gasteiger partial charge in [0.05, 0.1) is 30.8 Å². The van der Waals surface area contributed by atoms with Gasteiger partial charge in [-0.05, 0) is 26.2 Å². The summed E-state index contributed by atoms with van der Waals surface area (Å²) in [6, 6.07) is 0. The molecule has 5 nitrogen and oxygen atoms in total. The van der Waals surface area contributed by atoms with Crippen molar-refractivity contribution in [1.82, 2.24) is 0 Å². The maximum Gasteiger partial charge on any atom is 0.397 e. The number of hydrogen-bond donors (Lipinski definition) is 2. The lowest BCUT2D eigenvalue weighted by atomic mass is 9.77. The smallest absolute Gasteiger partial charge is 0.397 e. The Hall–Kier alpha value is -0.460. The second-order valence-electron chi connectivity index (χ2n) is 9.37. The number of aliphatic hydroxyl groups is 2. The maximum absolute atomic E-state index is 15.4. The maximum atomic E-state index is 15.4. The molecule has 0 aromatic carbocycles. The zero-order valence-electron chi connectivity index (χ0n) is 19.2. The van der Waals surface area contributed by atoms with Crippen LogP contribution in [0, 0.1) is 17.3 Å². The van der Waals surface area contributed by atoms with Crippen LogP contribution in [0.25, 0.3) is 0 Å². The third-order valence-electron chi connectivity index (χ3n) is 7.12. The highest BCUT2D eigenvalue weighted by Gasteiger charge is 2.57. The molecule has 2 N–H and O–H groups in total. The number of fused-ring (bicyclic) bond motifs is 1. The van der Waals surface area contributed by atoms with E-state index < -0.39 is 54.0 Å². The van der Waals surface area contributed by atoms with Crippen LogP contribution in [0.2, 0.25) is 0 Å². The molecular weight excluding hydrogens is 559 g/mol. The summed E-state index contributed by atoms with van der Waals surface area (Å²) in [6.45, 7) is 2.77. The first kappa shape index (κ1) is 28.8. The van der Waals surface area contributed by atoms with Crippen molar-refractivity contribution >= 4 is 28.6 Å². The van der Waals surface area contributed by atoms with Crippen LogP contribution in [-0.2, 0) is 14.3 Å². The Morgan fingerprint density at radius 2 is 2.00 bits per heavy atom. The van der Waals surface area contributed by atoms with Gasteiger partial charge in [-0.25, -0.2) is 4.39 Å². The molecule has 192 valence electrons. The van der Waals surface area contributed by atoms with E-state index in [2.05, 4.69) is 27.3 Å². The molecule has 1 aliphatic carbocycles. The minimum atomic E-state index is -4.61. The third kappa shape index (κ3) is 6.61. The summed E-state index contributed by atoms with van der Waals surface area (Å²) >= 11 is 2.09. The second kappa shape index (κ2) is 12.0. The molecule has 9 atom stereocenters. The molecule has 2 rings (SSSR count). The number of alkyl halides is 5. The van der Waals surface area contributed by atoms with Gasteiger partial charge in [0.2, 0.25) is 0 Å². The van der Waals surface area contributed by atoms with Gasteiger partial charge < -0.3 is 19.7 Å². The number of esters is 1. The average Bonchev–Trinajstić information content (AvgIpc) is 3.23. The lowest BCUT2D eigenvalue weighted by Gasteiger charge is -2.35. The molecule has 0 amide bonds. The molecule has 2 fully saturated rings. The molecule has 0 aromatic rings. The Kier molecular flexibility index (Phi) is 10.5. The van der Waals surface area contributed by atoms with Crippen LogP contribution in [0.15, 0.2) is 12.2 Å². The van der Waals surface area contributed by atoms with Gasteiger partial charge >= 0.3 is 12.1 Å². The molecule has 4 unspecified atom stereocenters. The highest BCUT2D eigenvalue weighted by atomic mass is 127. The van der Waals surface area contributed by atoms with E-state index in [1.54, 1.807) is 6.92 Å². The lowest BCUT2D eigenvalue weighted by Crippen LogP contribution is -2.44. The Bertz CT molecular complexity index is 676. The molecule has 1 saturated carbocycles. The van der Waals surface area contributed by atoms with Crippen LogP contribution < -0.4 is 0 Å². The SMILES string of the molecule is CCCCC(C)([C@H](O)/C=C/[C@@H]1[C@H]2C(F)C(C(I)CCCC(=O)OC)O[C@H]2C[C@H]1O)C(F)(F)F. The topological polar surface area (TPSA) is 76.0 Å². The zero-order chi connectivity index (χ0) is 25.0. The minimum absolute atomic E-state index is 0.185. The fraction of sp³-hybridized carbons (Fsp3) is 0.870. The van der Waals surface area contributed by atoms with Gasteiger partial charge in [-0.2, -0.15) is 13.2 Å². The molecule has 1 heterocycles. The van der Waals surface area contributed by atoms with E-state index in [9.17, 15) is 28.2 Å². The van der Waals surface area contributed by atoms with Gasteiger partial charge in [0.1, 0.15) is 12.3 Å². The number of unbranched alkanes of at least 4 members (excludes halogenated alkanes) is 1. The summed E-state index contributed by atoms with van der Waals surface area (Å²) in [5.41, 5.74) is -2.32. The number of rotatable bonds is 11. The number of aliphatic hydroxyl groups excluding tert-OH is 2. The number of halogens is 5. The van der Waals surface area contributed by atoms with E-state index in [4.69, 9.17) is 4.74 Å². The first-order chi connectivity index (χ1) is 15.4. The first-order valence-electron chi connectivity index (χ1n) is 11.5. The number of carbonyl (C=O) groups excluding carboxylic acids is 1. The highest BCUT2D eigenvalue weighted by molar-refractivity contribution is 14.1. The Balaban J connectivity index is 2.07. The standard InChI is InChI=1S/C23H35F4IO5/c1-4-5-11-22(2,23(25,26)27)17(30)10-9-13-15(29)12-16-19(13)20(24)21(33-16)14(28)7-6-8-18(31)32-3/h9-10,13-17,19-21,29-30H,4-8,11-12H2,1-3H3/b10-9+/t13-,14?,15+,16-,17+,19+,20?,21?,22?/m0/s1. The Morgan fingerprint density at radius 1 is 1.33 bits per heavy atom. The van der Waals surface area contributed by atoms with Crippen LogP contribution in [0.3, 0.4) is 0 Å².